The highest BCUT2D eigenvalue weighted by atomic mass is 16.5. The molecule has 5 heteroatoms. The molecule has 196 valence electrons. The summed E-state index contributed by atoms with van der Waals surface area (Å²) in [6, 6.07) is 30.9. The molecule has 0 bridgehead atoms. The lowest BCUT2D eigenvalue weighted by atomic mass is 10.0. The van der Waals surface area contributed by atoms with Gasteiger partial charge < -0.3 is 15.0 Å². The molecule has 0 heterocycles. The van der Waals surface area contributed by atoms with Gasteiger partial charge in [0.05, 0.1) is 0 Å². The van der Waals surface area contributed by atoms with E-state index in [1.807, 2.05) is 118 Å². The fraction of sp³-hybridized carbons (Fsp3) is 0.273. The van der Waals surface area contributed by atoms with Crippen LogP contribution >= 0.6 is 0 Å². The lowest BCUT2D eigenvalue weighted by molar-refractivity contribution is -0.143. The number of carbonyl (C=O) groups excluding carboxylic acids is 2. The van der Waals surface area contributed by atoms with Crippen LogP contribution in [0.25, 0.3) is 10.8 Å². The van der Waals surface area contributed by atoms with Crippen molar-refractivity contribution in [2.24, 2.45) is 0 Å². The maximum atomic E-state index is 13.9. The highest BCUT2D eigenvalue weighted by Crippen LogP contribution is 2.25. The number of aryl methyl sites for hydroxylation is 1. The van der Waals surface area contributed by atoms with E-state index in [9.17, 15) is 9.59 Å². The normalized spacial score (nSPS) is 12.5. The van der Waals surface area contributed by atoms with Crippen molar-refractivity contribution in [3.05, 3.63) is 114 Å². The lowest BCUT2D eigenvalue weighted by Crippen LogP contribution is -2.53. The molecule has 5 nitrogen and oxygen atoms in total. The van der Waals surface area contributed by atoms with Crippen molar-refractivity contribution in [3.63, 3.8) is 0 Å². The number of benzene rings is 4. The average Bonchev–Trinajstić information content (AvgIpc) is 2.94. The van der Waals surface area contributed by atoms with Gasteiger partial charge in [-0.25, -0.2) is 0 Å². The second-order valence-electron chi connectivity index (χ2n) is 9.74. The topological polar surface area (TPSA) is 58.6 Å². The standard InChI is InChI=1S/C33H36N2O3/c1-4-25(3)34-33(37)30(21-26-14-6-5-7-15-26)35(22-28-17-9-8-13-24(28)2)32(36)23-38-31-20-12-18-27-16-10-11-19-29(27)31/h5-20,25,30H,4,21-23H2,1-3H3,(H,34,37). The van der Waals surface area contributed by atoms with Crippen molar-refractivity contribution in [2.75, 3.05) is 6.61 Å². The monoisotopic (exact) mass is 508 g/mol. The molecule has 2 unspecified atom stereocenters. The minimum Gasteiger partial charge on any atom is -0.483 e. The Morgan fingerprint density at radius 1 is 0.868 bits per heavy atom. The van der Waals surface area contributed by atoms with Gasteiger partial charge in [0.1, 0.15) is 11.8 Å². The Balaban J connectivity index is 1.66. The van der Waals surface area contributed by atoms with Crippen LogP contribution in [0.15, 0.2) is 97.1 Å². The van der Waals surface area contributed by atoms with Gasteiger partial charge in [0.2, 0.25) is 5.91 Å². The van der Waals surface area contributed by atoms with Gasteiger partial charge in [0.15, 0.2) is 6.61 Å². The predicted molar refractivity (Wildman–Crippen MR) is 153 cm³/mol. The third kappa shape index (κ3) is 6.80. The van der Waals surface area contributed by atoms with E-state index in [0.717, 1.165) is 33.9 Å². The zero-order valence-corrected chi connectivity index (χ0v) is 22.4. The molecule has 0 radical (unpaired) electrons. The van der Waals surface area contributed by atoms with Crippen LogP contribution in [0.1, 0.15) is 37.0 Å². The molecule has 0 saturated heterocycles. The molecule has 0 spiro atoms. The van der Waals surface area contributed by atoms with Crippen LogP contribution in [0.5, 0.6) is 5.75 Å². The van der Waals surface area contributed by atoms with Crippen molar-refractivity contribution in [2.45, 2.75) is 52.2 Å². The van der Waals surface area contributed by atoms with E-state index in [4.69, 9.17) is 4.74 Å². The Labute approximate surface area is 225 Å². The van der Waals surface area contributed by atoms with Crippen molar-refractivity contribution >= 4 is 22.6 Å². The summed E-state index contributed by atoms with van der Waals surface area (Å²) in [5.74, 6) is 0.257. The Morgan fingerprint density at radius 3 is 2.32 bits per heavy atom. The summed E-state index contributed by atoms with van der Waals surface area (Å²) in [6.07, 6.45) is 1.22. The van der Waals surface area contributed by atoms with Crippen molar-refractivity contribution in [3.8, 4) is 5.75 Å². The summed E-state index contributed by atoms with van der Waals surface area (Å²) in [7, 11) is 0. The first-order valence-electron chi connectivity index (χ1n) is 13.2. The number of rotatable bonds is 11. The van der Waals surface area contributed by atoms with E-state index in [1.54, 1.807) is 4.90 Å². The molecule has 0 fully saturated rings. The number of amides is 2. The average molecular weight is 509 g/mol. The molecule has 38 heavy (non-hydrogen) atoms. The first kappa shape index (κ1) is 26.9. The number of fused-ring (bicyclic) bond motifs is 1. The summed E-state index contributed by atoms with van der Waals surface area (Å²) >= 11 is 0. The summed E-state index contributed by atoms with van der Waals surface area (Å²) in [6.45, 7) is 6.19. The zero-order chi connectivity index (χ0) is 26.9. The second kappa shape index (κ2) is 12.9. The third-order valence-corrected chi connectivity index (χ3v) is 6.97. The van der Waals surface area contributed by atoms with Gasteiger partial charge in [0.25, 0.3) is 5.91 Å². The number of nitrogens with zero attached hydrogens (tertiary/aromatic N) is 1. The number of ether oxygens (including phenoxy) is 1. The molecule has 2 atom stereocenters. The summed E-state index contributed by atoms with van der Waals surface area (Å²) in [5, 5.41) is 5.10. The quantitative estimate of drug-likeness (QED) is 0.267. The van der Waals surface area contributed by atoms with Gasteiger partial charge >= 0.3 is 0 Å². The number of hydrogen-bond acceptors (Lipinski definition) is 3. The summed E-state index contributed by atoms with van der Waals surface area (Å²) in [5.41, 5.74) is 3.07. The largest absolute Gasteiger partial charge is 0.483 e. The lowest BCUT2D eigenvalue weighted by Gasteiger charge is -2.32. The van der Waals surface area contributed by atoms with Crippen molar-refractivity contribution < 1.29 is 14.3 Å². The SMILES string of the molecule is CCC(C)NC(=O)C(Cc1ccccc1)N(Cc1ccccc1C)C(=O)COc1cccc2ccccc12. The molecule has 1 N–H and O–H groups in total. The third-order valence-electron chi connectivity index (χ3n) is 6.97. The van der Waals surface area contributed by atoms with Gasteiger partial charge in [-0.3, -0.25) is 9.59 Å². The van der Waals surface area contributed by atoms with Gasteiger partial charge in [0, 0.05) is 24.4 Å². The van der Waals surface area contributed by atoms with E-state index < -0.39 is 6.04 Å². The number of nitrogens with one attached hydrogen (secondary N) is 1. The Bertz CT molecular complexity index is 1360. The summed E-state index contributed by atoms with van der Waals surface area (Å²) in [4.78, 5) is 29.2. The first-order chi connectivity index (χ1) is 18.5. The molecule has 4 rings (SSSR count). The highest BCUT2D eigenvalue weighted by Gasteiger charge is 2.31. The maximum absolute atomic E-state index is 13.9. The van der Waals surface area contributed by atoms with Crippen LogP contribution in [0.4, 0.5) is 0 Å². The number of carbonyl (C=O) groups is 2. The molecular weight excluding hydrogens is 472 g/mol. The molecule has 0 aliphatic rings. The fourth-order valence-electron chi connectivity index (χ4n) is 4.51. The van der Waals surface area contributed by atoms with Gasteiger partial charge in [-0.05, 0) is 48.4 Å². The predicted octanol–water partition coefficient (Wildman–Crippen LogP) is 6.08. The van der Waals surface area contributed by atoms with Crippen molar-refractivity contribution in [1.29, 1.82) is 0 Å². The van der Waals surface area contributed by atoms with Crippen LogP contribution in [0.3, 0.4) is 0 Å². The molecule has 2 amide bonds. The minimum absolute atomic E-state index is 0.00289. The van der Waals surface area contributed by atoms with E-state index in [-0.39, 0.29) is 24.5 Å². The van der Waals surface area contributed by atoms with Crippen LogP contribution < -0.4 is 10.1 Å². The van der Waals surface area contributed by atoms with Gasteiger partial charge in [-0.1, -0.05) is 97.9 Å². The summed E-state index contributed by atoms with van der Waals surface area (Å²) < 4.78 is 6.09. The van der Waals surface area contributed by atoms with E-state index in [0.29, 0.717) is 18.7 Å². The highest BCUT2D eigenvalue weighted by molar-refractivity contribution is 5.90. The Morgan fingerprint density at radius 2 is 1.55 bits per heavy atom. The van der Waals surface area contributed by atoms with Crippen LogP contribution in [-0.2, 0) is 22.6 Å². The second-order valence-corrected chi connectivity index (χ2v) is 9.74. The Kier molecular flexibility index (Phi) is 9.15. The molecule has 0 aliphatic carbocycles. The number of hydrogen-bond donors (Lipinski definition) is 1. The molecule has 4 aromatic rings. The van der Waals surface area contributed by atoms with Gasteiger partial charge in [-0.2, -0.15) is 0 Å². The molecule has 0 aliphatic heterocycles. The van der Waals surface area contributed by atoms with Crippen LogP contribution in [-0.4, -0.2) is 35.4 Å². The fourth-order valence-corrected chi connectivity index (χ4v) is 4.51. The van der Waals surface area contributed by atoms with E-state index >= 15 is 0 Å². The van der Waals surface area contributed by atoms with E-state index in [2.05, 4.69) is 5.32 Å². The smallest absolute Gasteiger partial charge is 0.261 e. The Hall–Kier alpha value is -4.12. The zero-order valence-electron chi connectivity index (χ0n) is 22.4. The molecular formula is C33H36N2O3. The molecule has 0 saturated carbocycles. The van der Waals surface area contributed by atoms with Crippen molar-refractivity contribution in [1.82, 2.24) is 10.2 Å². The van der Waals surface area contributed by atoms with Crippen LogP contribution in [0.2, 0.25) is 0 Å². The minimum atomic E-state index is -0.686. The first-order valence-corrected chi connectivity index (χ1v) is 13.2. The van der Waals surface area contributed by atoms with Gasteiger partial charge in [-0.15, -0.1) is 0 Å². The van der Waals surface area contributed by atoms with E-state index in [1.165, 1.54) is 0 Å². The molecule has 4 aromatic carbocycles. The maximum Gasteiger partial charge on any atom is 0.261 e. The molecule has 0 aromatic heterocycles. The van der Waals surface area contributed by atoms with Crippen LogP contribution in [0, 0.1) is 6.92 Å².